The van der Waals surface area contributed by atoms with Crippen LogP contribution in [0.4, 0.5) is 4.39 Å². The maximum atomic E-state index is 14.0. The van der Waals surface area contributed by atoms with Gasteiger partial charge in [-0.05, 0) is 64.6 Å². The van der Waals surface area contributed by atoms with Crippen molar-refractivity contribution >= 4 is 55.6 Å². The molecule has 1 aromatic heterocycles. The molecule has 0 bridgehead atoms. The van der Waals surface area contributed by atoms with E-state index in [1.807, 2.05) is 39.0 Å². The highest BCUT2D eigenvalue weighted by Crippen LogP contribution is 2.34. The minimum atomic E-state index is -0.422. The predicted molar refractivity (Wildman–Crippen MR) is 152 cm³/mol. The fourth-order valence-corrected chi connectivity index (χ4v) is 4.73. The summed E-state index contributed by atoms with van der Waals surface area (Å²) in [7, 11) is 1.54. The van der Waals surface area contributed by atoms with Gasteiger partial charge in [0.2, 0.25) is 0 Å². The van der Waals surface area contributed by atoms with E-state index in [1.54, 1.807) is 36.5 Å². The Morgan fingerprint density at radius 2 is 1.92 bits per heavy atom. The zero-order valence-corrected chi connectivity index (χ0v) is 23.9. The first-order valence-corrected chi connectivity index (χ1v) is 13.0. The van der Waals surface area contributed by atoms with Gasteiger partial charge in [-0.1, -0.05) is 54.9 Å². The molecule has 186 valence electrons. The first kappa shape index (κ1) is 26.3. The normalized spacial score (nSPS) is 11.9. The van der Waals surface area contributed by atoms with E-state index in [0.717, 1.165) is 8.04 Å². The molecule has 0 atom stereocenters. The van der Waals surface area contributed by atoms with Crippen LogP contribution in [-0.2, 0) is 12.0 Å². The first-order valence-electron chi connectivity index (χ1n) is 11.1. The molecule has 1 heterocycles. The van der Waals surface area contributed by atoms with Crippen LogP contribution in [0.15, 0.2) is 69.0 Å². The van der Waals surface area contributed by atoms with Crippen LogP contribution in [0.3, 0.4) is 0 Å². The molecule has 0 spiro atoms. The second-order valence-electron chi connectivity index (χ2n) is 9.12. The van der Waals surface area contributed by atoms with Gasteiger partial charge in [0.1, 0.15) is 18.2 Å². The van der Waals surface area contributed by atoms with Crippen molar-refractivity contribution in [2.75, 3.05) is 7.11 Å². The number of aromatic nitrogens is 2. The molecule has 0 aliphatic rings. The summed E-state index contributed by atoms with van der Waals surface area (Å²) in [5.74, 6) is 1.20. The van der Waals surface area contributed by atoms with Gasteiger partial charge in [0.25, 0.3) is 5.56 Å². The van der Waals surface area contributed by atoms with Crippen LogP contribution >= 0.6 is 38.5 Å². The van der Waals surface area contributed by atoms with Crippen LogP contribution < -0.4 is 15.0 Å². The summed E-state index contributed by atoms with van der Waals surface area (Å²) < 4.78 is 28.3. The molecule has 0 N–H and O–H groups in total. The van der Waals surface area contributed by atoms with Crippen LogP contribution in [0.25, 0.3) is 10.9 Å². The summed E-state index contributed by atoms with van der Waals surface area (Å²) in [5, 5.41) is 5.00. The van der Waals surface area contributed by atoms with Gasteiger partial charge in [-0.15, -0.1) is 0 Å². The van der Waals surface area contributed by atoms with Crippen molar-refractivity contribution in [2.24, 2.45) is 5.10 Å². The molecular weight excluding hydrogens is 640 g/mol. The van der Waals surface area contributed by atoms with E-state index in [-0.39, 0.29) is 18.0 Å². The maximum absolute atomic E-state index is 14.0. The van der Waals surface area contributed by atoms with Gasteiger partial charge in [0.05, 0.1) is 27.8 Å². The molecule has 0 aliphatic carbocycles. The largest absolute Gasteiger partial charge is 0.493 e. The fraction of sp³-hybridized carbons (Fsp3) is 0.222. The van der Waals surface area contributed by atoms with E-state index in [1.165, 1.54) is 17.9 Å². The molecule has 0 saturated carbocycles. The van der Waals surface area contributed by atoms with E-state index in [0.29, 0.717) is 39.4 Å². The number of halogens is 3. The van der Waals surface area contributed by atoms with E-state index in [9.17, 15) is 9.18 Å². The number of rotatable bonds is 6. The first-order chi connectivity index (χ1) is 17.1. The van der Waals surface area contributed by atoms with Gasteiger partial charge in [-0.3, -0.25) is 4.79 Å². The van der Waals surface area contributed by atoms with Crippen LogP contribution in [0, 0.1) is 9.39 Å². The van der Waals surface area contributed by atoms with Crippen molar-refractivity contribution in [1.82, 2.24) is 9.66 Å². The Morgan fingerprint density at radius 3 is 2.61 bits per heavy atom. The summed E-state index contributed by atoms with van der Waals surface area (Å²) >= 11 is 5.56. The fourth-order valence-electron chi connectivity index (χ4n) is 3.59. The highest BCUT2D eigenvalue weighted by atomic mass is 127. The summed E-state index contributed by atoms with van der Waals surface area (Å²) in [5.41, 5.74) is 1.09. The number of hydrogen-bond donors (Lipinski definition) is 0. The lowest BCUT2D eigenvalue weighted by atomic mass is 9.95. The minimum absolute atomic E-state index is 0.0646. The third-order valence-electron chi connectivity index (χ3n) is 5.38. The van der Waals surface area contributed by atoms with Crippen molar-refractivity contribution in [3.63, 3.8) is 0 Å². The highest BCUT2D eigenvalue weighted by Gasteiger charge is 2.23. The molecule has 6 nitrogen and oxygen atoms in total. The predicted octanol–water partition coefficient (Wildman–Crippen LogP) is 6.67. The number of hydrogen-bond acceptors (Lipinski definition) is 5. The highest BCUT2D eigenvalue weighted by molar-refractivity contribution is 14.1. The van der Waals surface area contributed by atoms with Gasteiger partial charge >= 0.3 is 0 Å². The van der Waals surface area contributed by atoms with Crippen LogP contribution in [0.1, 0.15) is 37.7 Å². The number of fused-ring (bicyclic) bond motifs is 1. The topological polar surface area (TPSA) is 65.7 Å². The molecule has 0 saturated heterocycles. The van der Waals surface area contributed by atoms with Crippen molar-refractivity contribution in [3.8, 4) is 11.5 Å². The second kappa shape index (κ2) is 10.7. The smallest absolute Gasteiger partial charge is 0.282 e. The van der Waals surface area contributed by atoms with Gasteiger partial charge < -0.3 is 9.47 Å². The second-order valence-corrected chi connectivity index (χ2v) is 11.2. The van der Waals surface area contributed by atoms with E-state index < -0.39 is 5.41 Å². The molecule has 0 aliphatic heterocycles. The van der Waals surface area contributed by atoms with Crippen molar-refractivity contribution in [1.29, 1.82) is 0 Å². The quantitative estimate of drug-likeness (QED) is 0.171. The van der Waals surface area contributed by atoms with Gasteiger partial charge in [0, 0.05) is 15.5 Å². The number of methoxy groups -OCH3 is 1. The Bertz CT molecular complexity index is 1530. The molecule has 0 unspecified atom stereocenters. The SMILES string of the molecule is COc1cc(C=Nn2c(C(C)(C)C)nc3ccc(Br)cc3c2=O)cc(I)c1OCc1ccccc1F. The van der Waals surface area contributed by atoms with E-state index in [2.05, 4.69) is 43.6 Å². The molecule has 36 heavy (non-hydrogen) atoms. The maximum Gasteiger partial charge on any atom is 0.282 e. The van der Waals surface area contributed by atoms with Crippen molar-refractivity contribution in [2.45, 2.75) is 32.8 Å². The third kappa shape index (κ3) is 5.62. The summed E-state index contributed by atoms with van der Waals surface area (Å²) in [6, 6.07) is 15.5. The van der Waals surface area contributed by atoms with Gasteiger partial charge in [0.15, 0.2) is 11.5 Å². The average Bonchev–Trinajstić information content (AvgIpc) is 2.83. The Hall–Kier alpha value is -2.79. The molecule has 9 heteroatoms. The lowest BCUT2D eigenvalue weighted by molar-refractivity contribution is 0.277. The standard InChI is InChI=1S/C27H24BrFIN3O3/c1-27(2,3)26-32-22-10-9-18(28)13-19(22)25(34)33(26)31-14-16-11-21(30)24(23(12-16)35-4)36-15-17-7-5-6-8-20(17)29/h5-14H,15H2,1-4H3. The van der Waals surface area contributed by atoms with Crippen molar-refractivity contribution < 1.29 is 13.9 Å². The summed E-state index contributed by atoms with van der Waals surface area (Å²) in [6.07, 6.45) is 1.59. The molecule has 0 fully saturated rings. The summed E-state index contributed by atoms with van der Waals surface area (Å²) in [6.45, 7) is 6.02. The monoisotopic (exact) mass is 663 g/mol. The van der Waals surface area contributed by atoms with Gasteiger partial charge in [-0.2, -0.15) is 9.78 Å². The third-order valence-corrected chi connectivity index (χ3v) is 6.68. The van der Waals surface area contributed by atoms with Crippen LogP contribution in [0.2, 0.25) is 0 Å². The zero-order valence-electron chi connectivity index (χ0n) is 20.2. The minimum Gasteiger partial charge on any atom is -0.493 e. The molecule has 0 amide bonds. The van der Waals surface area contributed by atoms with E-state index in [4.69, 9.17) is 14.5 Å². The Kier molecular flexibility index (Phi) is 7.79. The summed E-state index contributed by atoms with van der Waals surface area (Å²) in [4.78, 5) is 18.1. The zero-order chi connectivity index (χ0) is 26.0. The molecule has 4 aromatic rings. The number of benzene rings is 3. The Balaban J connectivity index is 1.72. The number of nitrogens with zero attached hydrogens (tertiary/aromatic N) is 3. The molecule has 3 aromatic carbocycles. The lowest BCUT2D eigenvalue weighted by Gasteiger charge is -2.21. The molecule has 0 radical (unpaired) electrons. The van der Waals surface area contributed by atoms with Gasteiger partial charge in [-0.25, -0.2) is 9.37 Å². The Morgan fingerprint density at radius 1 is 1.17 bits per heavy atom. The number of ether oxygens (including phenoxy) is 2. The lowest BCUT2D eigenvalue weighted by Crippen LogP contribution is -2.29. The molecule has 4 rings (SSSR count). The van der Waals surface area contributed by atoms with E-state index >= 15 is 0 Å². The Labute approximate surface area is 230 Å². The van der Waals surface area contributed by atoms with Crippen molar-refractivity contribution in [3.05, 3.63) is 95.8 Å². The van der Waals surface area contributed by atoms with Crippen LogP contribution in [-0.4, -0.2) is 23.0 Å². The van der Waals surface area contributed by atoms with Crippen LogP contribution in [0.5, 0.6) is 11.5 Å². The molecular formula is C27H24BrFIN3O3. The average molecular weight is 664 g/mol.